The molecule has 0 spiro atoms. The lowest BCUT2D eigenvalue weighted by Gasteiger charge is -2.09. The van der Waals surface area contributed by atoms with Gasteiger partial charge < -0.3 is 10.1 Å². The first-order chi connectivity index (χ1) is 14.0. The molecule has 1 amide bonds. The van der Waals surface area contributed by atoms with Gasteiger partial charge in [-0.05, 0) is 43.5 Å². The highest BCUT2D eigenvalue weighted by Crippen LogP contribution is 2.40. The SMILES string of the molecule is CCOC(=O)c1c(NC(=O)CCc2cccc(Cl)c2)sc(C)c1-c1ccccc1. The van der Waals surface area contributed by atoms with Crippen LogP contribution in [0.4, 0.5) is 5.00 Å². The van der Waals surface area contributed by atoms with Gasteiger partial charge in [-0.25, -0.2) is 4.79 Å². The molecule has 0 saturated heterocycles. The molecule has 0 unspecified atom stereocenters. The number of nitrogens with one attached hydrogen (secondary N) is 1. The van der Waals surface area contributed by atoms with Gasteiger partial charge in [0.1, 0.15) is 10.6 Å². The van der Waals surface area contributed by atoms with Gasteiger partial charge >= 0.3 is 5.97 Å². The fourth-order valence-electron chi connectivity index (χ4n) is 3.12. The van der Waals surface area contributed by atoms with Crippen molar-refractivity contribution >= 4 is 39.8 Å². The molecular weight excluding hydrogens is 406 g/mol. The number of amides is 1. The predicted octanol–water partition coefficient (Wildman–Crippen LogP) is 6.12. The lowest BCUT2D eigenvalue weighted by Crippen LogP contribution is -2.15. The Hall–Kier alpha value is -2.63. The van der Waals surface area contributed by atoms with Crippen LogP contribution in [-0.4, -0.2) is 18.5 Å². The first-order valence-electron chi connectivity index (χ1n) is 9.39. The van der Waals surface area contributed by atoms with Gasteiger partial charge in [0, 0.05) is 21.9 Å². The molecule has 2 aromatic carbocycles. The Morgan fingerprint density at radius 2 is 1.86 bits per heavy atom. The largest absolute Gasteiger partial charge is 0.462 e. The number of rotatable bonds is 7. The number of hydrogen-bond acceptors (Lipinski definition) is 4. The van der Waals surface area contributed by atoms with E-state index in [1.807, 2.05) is 55.5 Å². The zero-order valence-corrected chi connectivity index (χ0v) is 17.9. The van der Waals surface area contributed by atoms with Gasteiger partial charge in [0.15, 0.2) is 0 Å². The lowest BCUT2D eigenvalue weighted by atomic mass is 10.0. The molecule has 0 saturated carbocycles. The van der Waals surface area contributed by atoms with Crippen molar-refractivity contribution in [2.24, 2.45) is 0 Å². The maximum Gasteiger partial charge on any atom is 0.341 e. The van der Waals surface area contributed by atoms with Crippen LogP contribution in [0, 0.1) is 6.92 Å². The number of aryl methyl sites for hydroxylation is 2. The number of carbonyl (C=O) groups excluding carboxylic acids is 2. The van der Waals surface area contributed by atoms with Gasteiger partial charge in [-0.2, -0.15) is 0 Å². The molecule has 1 N–H and O–H groups in total. The highest BCUT2D eigenvalue weighted by molar-refractivity contribution is 7.17. The average molecular weight is 428 g/mol. The number of anilines is 1. The van der Waals surface area contributed by atoms with Crippen molar-refractivity contribution in [3.05, 3.63) is 75.6 Å². The van der Waals surface area contributed by atoms with Gasteiger partial charge in [0.2, 0.25) is 5.91 Å². The molecule has 0 atom stereocenters. The molecule has 4 nitrogen and oxygen atoms in total. The number of halogens is 1. The Bertz CT molecular complexity index is 1010. The highest BCUT2D eigenvalue weighted by Gasteiger charge is 2.25. The standard InChI is InChI=1S/C23H22ClNO3S/c1-3-28-23(27)21-20(17-9-5-4-6-10-17)15(2)29-22(21)25-19(26)13-12-16-8-7-11-18(24)14-16/h4-11,14H,3,12-13H2,1-2H3,(H,25,26). The molecule has 0 aliphatic heterocycles. The third kappa shape index (κ3) is 5.25. The molecule has 6 heteroatoms. The summed E-state index contributed by atoms with van der Waals surface area (Å²) >= 11 is 7.39. The van der Waals surface area contributed by atoms with Crippen LogP contribution in [0.2, 0.25) is 5.02 Å². The van der Waals surface area contributed by atoms with Gasteiger partial charge in [-0.1, -0.05) is 54.1 Å². The predicted molar refractivity (Wildman–Crippen MR) is 119 cm³/mol. The van der Waals surface area contributed by atoms with E-state index in [0.29, 0.717) is 28.4 Å². The van der Waals surface area contributed by atoms with Crippen LogP contribution in [0.5, 0.6) is 0 Å². The minimum absolute atomic E-state index is 0.156. The Balaban J connectivity index is 1.84. The Kier molecular flexibility index (Phi) is 7.07. The maximum atomic E-state index is 12.7. The topological polar surface area (TPSA) is 55.4 Å². The fourth-order valence-corrected chi connectivity index (χ4v) is 4.42. The van der Waals surface area contributed by atoms with E-state index in [2.05, 4.69) is 5.32 Å². The van der Waals surface area contributed by atoms with Crippen molar-refractivity contribution < 1.29 is 14.3 Å². The Morgan fingerprint density at radius 3 is 2.55 bits per heavy atom. The first-order valence-corrected chi connectivity index (χ1v) is 10.6. The van der Waals surface area contributed by atoms with E-state index < -0.39 is 5.97 Å². The van der Waals surface area contributed by atoms with Crippen LogP contribution in [-0.2, 0) is 16.0 Å². The monoisotopic (exact) mass is 427 g/mol. The van der Waals surface area contributed by atoms with Crippen LogP contribution in [0.15, 0.2) is 54.6 Å². The minimum Gasteiger partial charge on any atom is -0.462 e. The van der Waals surface area contributed by atoms with Crippen molar-refractivity contribution in [3.63, 3.8) is 0 Å². The van der Waals surface area contributed by atoms with Crippen LogP contribution < -0.4 is 5.32 Å². The molecule has 29 heavy (non-hydrogen) atoms. The van der Waals surface area contributed by atoms with E-state index in [1.165, 1.54) is 11.3 Å². The molecule has 0 aliphatic rings. The second-order valence-electron chi connectivity index (χ2n) is 6.50. The molecule has 0 fully saturated rings. The summed E-state index contributed by atoms with van der Waals surface area (Å²) in [6.45, 7) is 3.98. The van der Waals surface area contributed by atoms with Gasteiger partial charge in [-0.3, -0.25) is 4.79 Å². The maximum absolute atomic E-state index is 12.7. The summed E-state index contributed by atoms with van der Waals surface area (Å²) in [7, 11) is 0. The molecular formula is C23H22ClNO3S. The molecule has 0 bridgehead atoms. The minimum atomic E-state index is -0.430. The molecule has 0 radical (unpaired) electrons. The average Bonchev–Trinajstić information content (AvgIpc) is 3.03. The molecule has 3 aromatic rings. The van der Waals surface area contributed by atoms with Crippen molar-refractivity contribution in [2.75, 3.05) is 11.9 Å². The second kappa shape index (κ2) is 9.72. The van der Waals surface area contributed by atoms with Crippen molar-refractivity contribution in [2.45, 2.75) is 26.7 Å². The number of hydrogen-bond donors (Lipinski definition) is 1. The van der Waals surface area contributed by atoms with Gasteiger partial charge in [0.25, 0.3) is 0 Å². The third-order valence-corrected chi connectivity index (χ3v) is 5.66. The summed E-state index contributed by atoms with van der Waals surface area (Å²) in [5.74, 6) is -0.586. The number of carbonyl (C=O) groups is 2. The summed E-state index contributed by atoms with van der Waals surface area (Å²) in [5, 5.41) is 4.08. The first kappa shape index (κ1) is 21.1. The van der Waals surface area contributed by atoms with Gasteiger partial charge in [-0.15, -0.1) is 11.3 Å². The molecule has 1 aromatic heterocycles. The number of esters is 1. The molecule has 0 aliphatic carbocycles. The Labute approximate surface area is 179 Å². The van der Waals surface area contributed by atoms with Crippen molar-refractivity contribution in [3.8, 4) is 11.1 Å². The summed E-state index contributed by atoms with van der Waals surface area (Å²) < 4.78 is 5.27. The summed E-state index contributed by atoms with van der Waals surface area (Å²) in [6, 6.07) is 17.1. The quantitative estimate of drug-likeness (QED) is 0.462. The number of benzene rings is 2. The van der Waals surface area contributed by atoms with E-state index in [9.17, 15) is 9.59 Å². The van der Waals surface area contributed by atoms with E-state index in [1.54, 1.807) is 13.0 Å². The Morgan fingerprint density at radius 1 is 1.10 bits per heavy atom. The van der Waals surface area contributed by atoms with Crippen molar-refractivity contribution in [1.29, 1.82) is 0 Å². The summed E-state index contributed by atoms with van der Waals surface area (Å²) in [4.78, 5) is 26.2. The lowest BCUT2D eigenvalue weighted by molar-refractivity contribution is -0.116. The normalized spacial score (nSPS) is 10.6. The van der Waals surface area contributed by atoms with E-state index in [4.69, 9.17) is 16.3 Å². The fraction of sp³-hybridized carbons (Fsp3) is 0.217. The highest BCUT2D eigenvalue weighted by atomic mass is 35.5. The van der Waals surface area contributed by atoms with Crippen LogP contribution >= 0.6 is 22.9 Å². The third-order valence-electron chi connectivity index (χ3n) is 4.41. The smallest absolute Gasteiger partial charge is 0.341 e. The van der Waals surface area contributed by atoms with Gasteiger partial charge in [0.05, 0.1) is 6.61 Å². The van der Waals surface area contributed by atoms with Crippen LogP contribution in [0.1, 0.15) is 34.1 Å². The molecule has 3 rings (SSSR count). The number of thiophene rings is 1. The number of ether oxygens (including phenoxy) is 1. The van der Waals surface area contributed by atoms with E-state index >= 15 is 0 Å². The second-order valence-corrected chi connectivity index (χ2v) is 8.16. The summed E-state index contributed by atoms with van der Waals surface area (Å²) in [5.41, 5.74) is 3.13. The molecule has 150 valence electrons. The van der Waals surface area contributed by atoms with E-state index in [0.717, 1.165) is 21.6 Å². The molecule has 1 heterocycles. The summed E-state index contributed by atoms with van der Waals surface area (Å²) in [6.07, 6.45) is 0.858. The zero-order valence-electron chi connectivity index (χ0n) is 16.3. The van der Waals surface area contributed by atoms with Crippen LogP contribution in [0.25, 0.3) is 11.1 Å². The van der Waals surface area contributed by atoms with Crippen molar-refractivity contribution in [1.82, 2.24) is 0 Å². The zero-order chi connectivity index (χ0) is 20.8. The van der Waals surface area contributed by atoms with Crippen LogP contribution in [0.3, 0.4) is 0 Å². The van der Waals surface area contributed by atoms with E-state index in [-0.39, 0.29) is 12.5 Å².